The van der Waals surface area contributed by atoms with Gasteiger partial charge in [0.25, 0.3) is 0 Å². The fourth-order valence-corrected chi connectivity index (χ4v) is 2.49. The molecule has 0 aromatic heterocycles. The molecular formula is C14H14O. The van der Waals surface area contributed by atoms with Crippen LogP contribution in [0.25, 0.3) is 0 Å². The van der Waals surface area contributed by atoms with E-state index in [1.165, 1.54) is 11.1 Å². The predicted molar refractivity (Wildman–Crippen MR) is 60.9 cm³/mol. The van der Waals surface area contributed by atoms with Crippen molar-refractivity contribution < 1.29 is 4.74 Å². The molecule has 0 saturated heterocycles. The predicted octanol–water partition coefficient (Wildman–Crippen LogP) is 3.57. The molecule has 76 valence electrons. The standard InChI is InChI=1S/C14H14O/c1-14(2)10-6-3-4-8-12(10)15-13-9-5-7-11(13)14/h3-4,6-9H,5H2,1-2H3. The summed E-state index contributed by atoms with van der Waals surface area (Å²) in [6, 6.07) is 8.31. The normalized spacial score (nSPS) is 20.9. The van der Waals surface area contributed by atoms with Gasteiger partial charge in [-0.05, 0) is 18.6 Å². The lowest BCUT2D eigenvalue weighted by Crippen LogP contribution is -2.27. The summed E-state index contributed by atoms with van der Waals surface area (Å²) < 4.78 is 5.88. The van der Waals surface area contributed by atoms with Crippen LogP contribution in [0, 0.1) is 0 Å². The van der Waals surface area contributed by atoms with E-state index in [4.69, 9.17) is 4.74 Å². The van der Waals surface area contributed by atoms with Crippen LogP contribution in [0.3, 0.4) is 0 Å². The van der Waals surface area contributed by atoms with Crippen LogP contribution in [-0.4, -0.2) is 0 Å². The molecule has 1 aromatic rings. The average molecular weight is 198 g/mol. The minimum atomic E-state index is 0.0805. The molecule has 1 aliphatic heterocycles. The Labute approximate surface area is 90.1 Å². The SMILES string of the molecule is CC1(C)C2=CCC=C2Oc2ccccc21. The summed E-state index contributed by atoms with van der Waals surface area (Å²) in [4.78, 5) is 0. The molecule has 1 heterocycles. The van der Waals surface area contributed by atoms with Crippen molar-refractivity contribution in [2.24, 2.45) is 0 Å². The van der Waals surface area contributed by atoms with Crippen LogP contribution in [0.2, 0.25) is 0 Å². The number of hydrogen-bond donors (Lipinski definition) is 0. The van der Waals surface area contributed by atoms with Gasteiger partial charge in [-0.3, -0.25) is 0 Å². The molecular weight excluding hydrogens is 184 g/mol. The molecule has 1 aliphatic carbocycles. The van der Waals surface area contributed by atoms with Gasteiger partial charge in [-0.2, -0.15) is 0 Å². The molecule has 0 fully saturated rings. The van der Waals surface area contributed by atoms with Crippen molar-refractivity contribution in [2.75, 3.05) is 0 Å². The molecule has 0 radical (unpaired) electrons. The highest BCUT2D eigenvalue weighted by molar-refractivity contribution is 5.56. The van der Waals surface area contributed by atoms with Crippen LogP contribution in [0.15, 0.2) is 47.7 Å². The third-order valence-corrected chi connectivity index (χ3v) is 3.34. The maximum Gasteiger partial charge on any atom is 0.131 e. The van der Waals surface area contributed by atoms with E-state index < -0.39 is 0 Å². The molecule has 2 aliphatic rings. The molecule has 0 N–H and O–H groups in total. The maximum absolute atomic E-state index is 5.88. The van der Waals surface area contributed by atoms with Gasteiger partial charge in [0.05, 0.1) is 0 Å². The first-order valence-electron chi connectivity index (χ1n) is 5.38. The van der Waals surface area contributed by atoms with E-state index >= 15 is 0 Å². The Balaban J connectivity index is 2.26. The van der Waals surface area contributed by atoms with Crippen LogP contribution in [-0.2, 0) is 5.41 Å². The van der Waals surface area contributed by atoms with Gasteiger partial charge in [-0.1, -0.05) is 38.1 Å². The van der Waals surface area contributed by atoms with Crippen molar-refractivity contribution in [1.29, 1.82) is 0 Å². The molecule has 0 saturated carbocycles. The number of allylic oxidation sites excluding steroid dienone is 3. The van der Waals surface area contributed by atoms with Gasteiger partial charge in [0.15, 0.2) is 0 Å². The second kappa shape index (κ2) is 2.75. The van der Waals surface area contributed by atoms with E-state index in [0.717, 1.165) is 17.9 Å². The van der Waals surface area contributed by atoms with Crippen LogP contribution < -0.4 is 4.74 Å². The first kappa shape index (κ1) is 8.78. The van der Waals surface area contributed by atoms with Gasteiger partial charge in [-0.25, -0.2) is 0 Å². The van der Waals surface area contributed by atoms with E-state index in [0.29, 0.717) is 0 Å². The summed E-state index contributed by atoms with van der Waals surface area (Å²) >= 11 is 0. The van der Waals surface area contributed by atoms with Gasteiger partial charge in [0.2, 0.25) is 0 Å². The summed E-state index contributed by atoms with van der Waals surface area (Å²) in [6.45, 7) is 4.53. The molecule has 0 unspecified atom stereocenters. The Morgan fingerprint density at radius 3 is 2.80 bits per heavy atom. The van der Waals surface area contributed by atoms with Gasteiger partial charge >= 0.3 is 0 Å². The smallest absolute Gasteiger partial charge is 0.131 e. The molecule has 15 heavy (non-hydrogen) atoms. The molecule has 0 spiro atoms. The number of fused-ring (bicyclic) bond motifs is 2. The lowest BCUT2D eigenvalue weighted by Gasteiger charge is -2.35. The third kappa shape index (κ3) is 1.09. The largest absolute Gasteiger partial charge is 0.457 e. The zero-order valence-electron chi connectivity index (χ0n) is 9.08. The van der Waals surface area contributed by atoms with E-state index in [1.54, 1.807) is 0 Å². The Bertz CT molecular complexity index is 478. The summed E-state index contributed by atoms with van der Waals surface area (Å²) in [5.74, 6) is 2.06. The van der Waals surface area contributed by atoms with Crippen molar-refractivity contribution >= 4 is 0 Å². The third-order valence-electron chi connectivity index (χ3n) is 3.34. The first-order valence-corrected chi connectivity index (χ1v) is 5.38. The summed E-state index contributed by atoms with van der Waals surface area (Å²) in [5.41, 5.74) is 2.70. The van der Waals surface area contributed by atoms with Crippen LogP contribution in [0.4, 0.5) is 0 Å². The Kier molecular flexibility index (Phi) is 1.61. The van der Waals surface area contributed by atoms with Gasteiger partial charge in [-0.15, -0.1) is 0 Å². The van der Waals surface area contributed by atoms with Crippen LogP contribution >= 0.6 is 0 Å². The summed E-state index contributed by atoms with van der Waals surface area (Å²) in [5, 5.41) is 0. The monoisotopic (exact) mass is 198 g/mol. The maximum atomic E-state index is 5.88. The molecule has 0 atom stereocenters. The van der Waals surface area contributed by atoms with Crippen molar-refractivity contribution in [1.82, 2.24) is 0 Å². The summed E-state index contributed by atoms with van der Waals surface area (Å²) in [7, 11) is 0. The minimum Gasteiger partial charge on any atom is -0.457 e. The van der Waals surface area contributed by atoms with Crippen molar-refractivity contribution in [3.63, 3.8) is 0 Å². The zero-order chi connectivity index (χ0) is 10.5. The lowest BCUT2D eigenvalue weighted by molar-refractivity contribution is 0.375. The summed E-state index contributed by atoms with van der Waals surface area (Å²) in [6.07, 6.45) is 5.43. The van der Waals surface area contributed by atoms with Crippen molar-refractivity contribution in [3.8, 4) is 5.75 Å². The molecule has 1 aromatic carbocycles. The van der Waals surface area contributed by atoms with E-state index in [2.05, 4.69) is 38.1 Å². The molecule has 0 bridgehead atoms. The fraction of sp³-hybridized carbons (Fsp3) is 0.286. The number of benzene rings is 1. The van der Waals surface area contributed by atoms with Crippen LogP contribution in [0.5, 0.6) is 5.75 Å². The average Bonchev–Trinajstić information content (AvgIpc) is 2.67. The fourth-order valence-electron chi connectivity index (χ4n) is 2.49. The number of ether oxygens (including phenoxy) is 1. The lowest BCUT2D eigenvalue weighted by atomic mass is 9.75. The second-order valence-corrected chi connectivity index (χ2v) is 4.65. The van der Waals surface area contributed by atoms with Gasteiger partial charge in [0, 0.05) is 16.6 Å². The van der Waals surface area contributed by atoms with E-state index in [-0.39, 0.29) is 5.41 Å². The molecule has 3 rings (SSSR count). The molecule has 1 heteroatoms. The highest BCUT2D eigenvalue weighted by Gasteiger charge is 2.37. The topological polar surface area (TPSA) is 9.23 Å². The van der Waals surface area contributed by atoms with Crippen LogP contribution in [0.1, 0.15) is 25.8 Å². The Hall–Kier alpha value is -1.50. The molecule has 1 nitrogen and oxygen atoms in total. The highest BCUT2D eigenvalue weighted by Crippen LogP contribution is 2.47. The Morgan fingerprint density at radius 1 is 1.13 bits per heavy atom. The first-order chi connectivity index (χ1) is 7.19. The molecule has 0 amide bonds. The minimum absolute atomic E-state index is 0.0805. The van der Waals surface area contributed by atoms with E-state index in [9.17, 15) is 0 Å². The number of hydrogen-bond acceptors (Lipinski definition) is 1. The quantitative estimate of drug-likeness (QED) is 0.619. The van der Waals surface area contributed by atoms with Crippen molar-refractivity contribution in [3.05, 3.63) is 53.3 Å². The van der Waals surface area contributed by atoms with Gasteiger partial charge < -0.3 is 4.74 Å². The number of rotatable bonds is 0. The second-order valence-electron chi connectivity index (χ2n) is 4.65. The van der Waals surface area contributed by atoms with Gasteiger partial charge in [0.1, 0.15) is 11.5 Å². The van der Waals surface area contributed by atoms with E-state index in [1.807, 2.05) is 12.1 Å². The zero-order valence-corrected chi connectivity index (χ0v) is 9.08. The number of para-hydroxylation sites is 1. The Morgan fingerprint density at radius 2 is 1.93 bits per heavy atom. The van der Waals surface area contributed by atoms with Crippen molar-refractivity contribution in [2.45, 2.75) is 25.7 Å². The highest BCUT2D eigenvalue weighted by atomic mass is 16.5.